The number of hydrogen-bond donors (Lipinski definition) is 0. The van der Waals surface area contributed by atoms with Crippen molar-refractivity contribution < 1.29 is 18.9 Å². The number of methoxy groups -OCH3 is 1. The molecule has 0 atom stereocenters. The summed E-state index contributed by atoms with van der Waals surface area (Å²) < 4.78 is 22.8. The molecule has 1 aliphatic heterocycles. The van der Waals surface area contributed by atoms with Gasteiger partial charge in [-0.2, -0.15) is 0 Å². The maximum absolute atomic E-state index is 5.43. The first-order chi connectivity index (χ1) is 8.67. The van der Waals surface area contributed by atoms with E-state index in [2.05, 4.69) is 15.9 Å². The highest BCUT2D eigenvalue weighted by Crippen LogP contribution is 2.47. The van der Waals surface area contributed by atoms with Crippen molar-refractivity contribution in [2.45, 2.75) is 6.61 Å². The molecule has 0 amide bonds. The third kappa shape index (κ3) is 2.67. The summed E-state index contributed by atoms with van der Waals surface area (Å²) in [5.41, 5.74) is 0.896. The van der Waals surface area contributed by atoms with Crippen LogP contribution in [0.5, 0.6) is 17.2 Å². The van der Waals surface area contributed by atoms with Crippen LogP contribution in [0.25, 0.3) is 0 Å². The zero-order valence-electron chi connectivity index (χ0n) is 9.82. The fraction of sp³-hybridized carbons (Fsp3) is 0.364. The molecule has 0 aromatic heterocycles. The van der Waals surface area contributed by atoms with Crippen LogP contribution in [0, 0.1) is 0 Å². The molecule has 0 aliphatic carbocycles. The zero-order valence-corrected chi connectivity index (χ0v) is 13.0. The van der Waals surface area contributed by atoms with Crippen molar-refractivity contribution in [2.24, 2.45) is 0 Å². The molecule has 1 heterocycles. The van der Waals surface area contributed by atoms with Gasteiger partial charge in [0.15, 0.2) is 11.5 Å². The molecule has 18 heavy (non-hydrogen) atoms. The average molecular weight is 351 g/mol. The van der Waals surface area contributed by atoms with Crippen molar-refractivity contribution in [3.63, 3.8) is 0 Å². The van der Waals surface area contributed by atoms with Crippen molar-refractivity contribution in [3.05, 3.63) is 16.1 Å². The van der Waals surface area contributed by atoms with Crippen LogP contribution >= 0.6 is 39.9 Å². The predicted octanol–water partition coefficient (Wildman–Crippen LogP) is 3.35. The molecular formula is C11H11BrO4S2. The summed E-state index contributed by atoms with van der Waals surface area (Å²) in [4.78, 5) is 0. The molecule has 0 saturated carbocycles. The molecular weight excluding hydrogens is 340 g/mol. The topological polar surface area (TPSA) is 36.9 Å². The summed E-state index contributed by atoms with van der Waals surface area (Å²) in [6.07, 6.45) is 1.87. The number of rotatable bonds is 3. The molecule has 1 aromatic rings. The molecule has 0 fully saturated rings. The van der Waals surface area contributed by atoms with Gasteiger partial charge in [-0.05, 0) is 40.5 Å². The number of benzene rings is 1. The summed E-state index contributed by atoms with van der Waals surface area (Å²) in [7, 11) is 1.59. The maximum atomic E-state index is 5.43. The monoisotopic (exact) mass is 350 g/mol. The van der Waals surface area contributed by atoms with Gasteiger partial charge in [-0.15, -0.1) is 0 Å². The molecule has 98 valence electrons. The highest BCUT2D eigenvalue weighted by molar-refractivity contribution is 9.10. The van der Waals surface area contributed by atoms with E-state index in [9.17, 15) is 0 Å². The van der Waals surface area contributed by atoms with Gasteiger partial charge in [0.05, 0.1) is 11.6 Å². The van der Waals surface area contributed by atoms with E-state index in [1.807, 2.05) is 12.3 Å². The number of ether oxygens (including phenoxy) is 4. The molecule has 0 spiro atoms. The van der Waals surface area contributed by atoms with Gasteiger partial charge in [0, 0.05) is 5.56 Å². The molecule has 0 N–H and O–H groups in total. The third-order valence-electron chi connectivity index (χ3n) is 2.36. The minimum atomic E-state index is 0.192. The van der Waals surface area contributed by atoms with Crippen molar-refractivity contribution in [1.29, 1.82) is 0 Å². The molecule has 1 aliphatic rings. The number of thiocarbonyl (C=S) groups is 1. The second-order valence-corrected chi connectivity index (χ2v) is 5.56. The molecule has 2 rings (SSSR count). The summed E-state index contributed by atoms with van der Waals surface area (Å²) in [5.74, 6) is 1.88. The van der Waals surface area contributed by atoms with Gasteiger partial charge in [-0.3, -0.25) is 0 Å². The van der Waals surface area contributed by atoms with E-state index in [0.717, 1.165) is 10.0 Å². The molecule has 0 saturated heterocycles. The number of fused-ring (bicyclic) bond motifs is 1. The van der Waals surface area contributed by atoms with Crippen molar-refractivity contribution >= 4 is 44.3 Å². The summed E-state index contributed by atoms with van der Waals surface area (Å²) >= 11 is 9.87. The largest absolute Gasteiger partial charge is 0.493 e. The summed E-state index contributed by atoms with van der Waals surface area (Å²) in [6, 6.07) is 1.85. The highest BCUT2D eigenvalue weighted by Gasteiger charge is 2.25. The average Bonchev–Trinajstić information content (AvgIpc) is 2.87. The number of halogens is 1. The molecule has 0 unspecified atom stereocenters. The van der Waals surface area contributed by atoms with Gasteiger partial charge in [0.1, 0.15) is 6.61 Å². The molecule has 4 nitrogen and oxygen atoms in total. The third-order valence-corrected chi connectivity index (χ3v) is 4.29. The lowest BCUT2D eigenvalue weighted by Crippen LogP contribution is -1.99. The maximum Gasteiger partial charge on any atom is 0.231 e. The number of hydrogen-bond acceptors (Lipinski definition) is 6. The lowest BCUT2D eigenvalue weighted by molar-refractivity contribution is 0.170. The Hall–Kier alpha value is -0.660. The van der Waals surface area contributed by atoms with E-state index in [0.29, 0.717) is 28.2 Å². The second-order valence-electron chi connectivity index (χ2n) is 3.36. The Bertz CT molecular complexity index is 479. The Morgan fingerprint density at radius 3 is 2.89 bits per heavy atom. The van der Waals surface area contributed by atoms with E-state index in [-0.39, 0.29) is 6.79 Å². The van der Waals surface area contributed by atoms with Gasteiger partial charge in [-0.25, -0.2) is 0 Å². The summed E-state index contributed by atoms with van der Waals surface area (Å²) in [6.45, 7) is 0.547. The van der Waals surface area contributed by atoms with Crippen LogP contribution in [-0.4, -0.2) is 24.5 Å². The van der Waals surface area contributed by atoms with Crippen molar-refractivity contribution in [1.82, 2.24) is 0 Å². The van der Waals surface area contributed by atoms with Gasteiger partial charge in [-0.1, -0.05) is 11.8 Å². The van der Waals surface area contributed by atoms with Crippen LogP contribution < -0.4 is 14.2 Å². The first kappa shape index (κ1) is 13.8. The first-order valence-electron chi connectivity index (χ1n) is 5.03. The SMILES string of the molecule is COc1cc(COC(=S)SC)c(Br)c2c1OCO2. The van der Waals surface area contributed by atoms with Gasteiger partial charge in [0.25, 0.3) is 0 Å². The van der Waals surface area contributed by atoms with E-state index in [1.54, 1.807) is 7.11 Å². The lowest BCUT2D eigenvalue weighted by Gasteiger charge is -2.12. The van der Waals surface area contributed by atoms with Crippen LogP contribution in [0.15, 0.2) is 10.5 Å². The summed E-state index contributed by atoms with van der Waals surface area (Å²) in [5, 5.41) is 0. The predicted molar refractivity (Wildman–Crippen MR) is 77.7 cm³/mol. The highest BCUT2D eigenvalue weighted by atomic mass is 79.9. The number of thioether (sulfide) groups is 1. The molecule has 0 bridgehead atoms. The van der Waals surface area contributed by atoms with Crippen LogP contribution in [0.2, 0.25) is 0 Å². The first-order valence-corrected chi connectivity index (χ1v) is 7.45. The van der Waals surface area contributed by atoms with Crippen LogP contribution in [0.1, 0.15) is 5.56 Å². The van der Waals surface area contributed by atoms with Crippen LogP contribution in [0.3, 0.4) is 0 Å². The minimum absolute atomic E-state index is 0.192. The van der Waals surface area contributed by atoms with Crippen molar-refractivity contribution in [3.8, 4) is 17.2 Å². The normalized spacial score (nSPS) is 12.4. The standard InChI is InChI=1S/C11H11BrO4S2/c1-13-7-3-6(4-14-11(17)18-2)8(12)10-9(7)15-5-16-10/h3H,4-5H2,1-2H3. The minimum Gasteiger partial charge on any atom is -0.493 e. The van der Waals surface area contributed by atoms with Crippen LogP contribution in [0.4, 0.5) is 0 Å². The molecule has 0 radical (unpaired) electrons. The van der Waals surface area contributed by atoms with E-state index < -0.39 is 0 Å². The van der Waals surface area contributed by atoms with E-state index >= 15 is 0 Å². The van der Waals surface area contributed by atoms with Gasteiger partial charge in [0.2, 0.25) is 16.9 Å². The van der Waals surface area contributed by atoms with Crippen LogP contribution in [-0.2, 0) is 11.3 Å². The quantitative estimate of drug-likeness (QED) is 0.778. The molecule has 7 heteroatoms. The zero-order chi connectivity index (χ0) is 13.1. The smallest absolute Gasteiger partial charge is 0.231 e. The Morgan fingerprint density at radius 1 is 1.50 bits per heavy atom. The Morgan fingerprint density at radius 2 is 2.22 bits per heavy atom. The fourth-order valence-electron chi connectivity index (χ4n) is 1.51. The Labute approximate surface area is 123 Å². The lowest BCUT2D eigenvalue weighted by atomic mass is 10.2. The Balaban J connectivity index is 2.28. The Kier molecular flexibility index (Phi) is 4.58. The van der Waals surface area contributed by atoms with Gasteiger partial charge >= 0.3 is 0 Å². The van der Waals surface area contributed by atoms with Crippen molar-refractivity contribution in [2.75, 3.05) is 20.2 Å². The fourth-order valence-corrected chi connectivity index (χ4v) is 2.27. The van der Waals surface area contributed by atoms with E-state index in [1.165, 1.54) is 11.8 Å². The molecule has 1 aromatic carbocycles. The van der Waals surface area contributed by atoms with E-state index in [4.69, 9.17) is 31.2 Å². The second kappa shape index (κ2) is 5.99. The van der Waals surface area contributed by atoms with Gasteiger partial charge < -0.3 is 18.9 Å².